The van der Waals surface area contributed by atoms with Crippen LogP contribution in [0.15, 0.2) is 48.5 Å². The van der Waals surface area contributed by atoms with E-state index in [4.69, 9.17) is 16.7 Å². The maximum atomic E-state index is 12.9. The number of ketones is 1. The number of aromatic amines is 1. The molecule has 134 valence electrons. The molecule has 3 rings (SSSR count). The summed E-state index contributed by atoms with van der Waals surface area (Å²) in [7, 11) is 0. The molecule has 26 heavy (non-hydrogen) atoms. The summed E-state index contributed by atoms with van der Waals surface area (Å²) in [6.07, 6.45) is 0.162. The number of fused-ring (bicyclic) bond motifs is 1. The van der Waals surface area contributed by atoms with Gasteiger partial charge in [0.25, 0.3) is 0 Å². The third-order valence-corrected chi connectivity index (χ3v) is 4.37. The van der Waals surface area contributed by atoms with Crippen LogP contribution in [0, 0.1) is 5.92 Å². The van der Waals surface area contributed by atoms with E-state index < -0.39 is 0 Å². The van der Waals surface area contributed by atoms with Gasteiger partial charge in [0.1, 0.15) is 5.69 Å². The molecule has 6 heteroatoms. The van der Waals surface area contributed by atoms with Gasteiger partial charge in [-0.2, -0.15) is 0 Å². The summed E-state index contributed by atoms with van der Waals surface area (Å²) in [6.45, 7) is 1.71. The summed E-state index contributed by atoms with van der Waals surface area (Å²) in [5, 5.41) is 13.2. The molecule has 0 fully saturated rings. The van der Waals surface area contributed by atoms with E-state index in [0.29, 0.717) is 32.9 Å². The zero-order valence-corrected chi connectivity index (χ0v) is 15.0. The van der Waals surface area contributed by atoms with E-state index in [9.17, 15) is 9.59 Å². The van der Waals surface area contributed by atoms with Gasteiger partial charge in [0.05, 0.1) is 5.69 Å². The van der Waals surface area contributed by atoms with E-state index >= 15 is 0 Å². The molecule has 1 atom stereocenters. The fourth-order valence-electron chi connectivity index (χ4n) is 2.78. The summed E-state index contributed by atoms with van der Waals surface area (Å²) in [6, 6.07) is 14.0. The van der Waals surface area contributed by atoms with Crippen LogP contribution in [-0.2, 0) is 4.79 Å². The smallest absolute Gasteiger partial charge is 0.224 e. The Morgan fingerprint density at radius 3 is 2.62 bits per heavy atom. The number of nitrogens with one attached hydrogen (secondary N) is 2. The van der Waals surface area contributed by atoms with Crippen LogP contribution in [0.3, 0.4) is 0 Å². The Morgan fingerprint density at radius 2 is 1.92 bits per heavy atom. The normalized spacial score (nSPS) is 12.1. The first-order chi connectivity index (χ1) is 12.5. The molecule has 3 aromatic rings. The minimum Gasteiger partial charge on any atom is -0.396 e. The van der Waals surface area contributed by atoms with Crippen molar-refractivity contribution in [3.8, 4) is 0 Å². The van der Waals surface area contributed by atoms with Crippen LogP contribution in [-0.4, -0.2) is 28.4 Å². The first-order valence-electron chi connectivity index (χ1n) is 8.31. The van der Waals surface area contributed by atoms with Gasteiger partial charge in [-0.15, -0.1) is 0 Å². The predicted molar refractivity (Wildman–Crippen MR) is 103 cm³/mol. The molecule has 0 aliphatic carbocycles. The fourth-order valence-corrected chi connectivity index (χ4v) is 2.95. The lowest BCUT2D eigenvalue weighted by atomic mass is 10.1. The third kappa shape index (κ3) is 3.79. The summed E-state index contributed by atoms with van der Waals surface area (Å²) in [5.74, 6) is -0.643. The number of carbonyl (C=O) groups is 2. The highest BCUT2D eigenvalue weighted by Crippen LogP contribution is 2.31. The molecule has 1 unspecified atom stereocenters. The number of aromatic nitrogens is 1. The van der Waals surface area contributed by atoms with Crippen molar-refractivity contribution in [2.75, 3.05) is 11.9 Å². The van der Waals surface area contributed by atoms with E-state index in [1.807, 2.05) is 6.07 Å². The van der Waals surface area contributed by atoms with Crippen molar-refractivity contribution in [1.82, 2.24) is 4.98 Å². The zero-order valence-electron chi connectivity index (χ0n) is 14.3. The first kappa shape index (κ1) is 18.2. The maximum absolute atomic E-state index is 12.9. The SMILES string of the molecule is CC(CO)CC(=O)Nc1c(C(=O)c2ccccc2)[nH]c2cc(Cl)ccc12. The van der Waals surface area contributed by atoms with Crippen molar-refractivity contribution < 1.29 is 14.7 Å². The minimum absolute atomic E-state index is 0.0767. The highest BCUT2D eigenvalue weighted by atomic mass is 35.5. The number of benzene rings is 2. The Labute approximate surface area is 156 Å². The molecular weight excluding hydrogens is 352 g/mol. The average molecular weight is 371 g/mol. The molecule has 0 saturated carbocycles. The van der Waals surface area contributed by atoms with Crippen LogP contribution in [0.1, 0.15) is 29.4 Å². The van der Waals surface area contributed by atoms with Gasteiger partial charge in [0, 0.05) is 34.5 Å². The maximum Gasteiger partial charge on any atom is 0.224 e. The molecule has 0 saturated heterocycles. The van der Waals surface area contributed by atoms with Gasteiger partial charge in [-0.05, 0) is 24.1 Å². The van der Waals surface area contributed by atoms with E-state index in [2.05, 4.69) is 10.3 Å². The Balaban J connectivity index is 2.04. The molecule has 1 aromatic heterocycles. The highest BCUT2D eigenvalue weighted by molar-refractivity contribution is 6.31. The van der Waals surface area contributed by atoms with Crippen molar-refractivity contribution >= 4 is 39.9 Å². The second-order valence-electron chi connectivity index (χ2n) is 6.30. The Hall–Kier alpha value is -2.63. The van der Waals surface area contributed by atoms with Crippen LogP contribution in [0.5, 0.6) is 0 Å². The Kier molecular flexibility index (Phi) is 5.40. The molecule has 2 aromatic carbocycles. The molecule has 0 spiro atoms. The number of aliphatic hydroxyl groups is 1. The number of H-pyrrole nitrogens is 1. The Bertz CT molecular complexity index is 950. The number of hydrogen-bond acceptors (Lipinski definition) is 3. The van der Waals surface area contributed by atoms with Crippen LogP contribution in [0.4, 0.5) is 5.69 Å². The quantitative estimate of drug-likeness (QED) is 0.573. The number of amides is 1. The van der Waals surface area contributed by atoms with E-state index in [-0.39, 0.29) is 30.6 Å². The van der Waals surface area contributed by atoms with Crippen LogP contribution in [0.2, 0.25) is 5.02 Å². The van der Waals surface area contributed by atoms with Gasteiger partial charge in [-0.1, -0.05) is 48.9 Å². The topological polar surface area (TPSA) is 82.2 Å². The lowest BCUT2D eigenvalue weighted by Crippen LogP contribution is -2.18. The van der Waals surface area contributed by atoms with Gasteiger partial charge >= 0.3 is 0 Å². The van der Waals surface area contributed by atoms with Crippen LogP contribution >= 0.6 is 11.6 Å². The summed E-state index contributed by atoms with van der Waals surface area (Å²) in [5.41, 5.74) is 1.92. The number of rotatable bonds is 6. The average Bonchev–Trinajstić information content (AvgIpc) is 2.98. The third-order valence-electron chi connectivity index (χ3n) is 4.13. The lowest BCUT2D eigenvalue weighted by Gasteiger charge is -2.10. The fraction of sp³-hybridized carbons (Fsp3) is 0.200. The van der Waals surface area contributed by atoms with Gasteiger partial charge in [-0.3, -0.25) is 9.59 Å². The van der Waals surface area contributed by atoms with Crippen molar-refractivity contribution in [3.05, 3.63) is 64.8 Å². The molecule has 5 nitrogen and oxygen atoms in total. The number of hydrogen-bond donors (Lipinski definition) is 3. The van der Waals surface area contributed by atoms with Crippen molar-refractivity contribution in [1.29, 1.82) is 0 Å². The minimum atomic E-state index is -0.260. The summed E-state index contributed by atoms with van der Waals surface area (Å²) < 4.78 is 0. The number of halogens is 1. The lowest BCUT2D eigenvalue weighted by molar-refractivity contribution is -0.117. The molecule has 0 aliphatic heterocycles. The first-order valence-corrected chi connectivity index (χ1v) is 8.69. The summed E-state index contributed by atoms with van der Waals surface area (Å²) in [4.78, 5) is 28.3. The second kappa shape index (κ2) is 7.72. The van der Waals surface area contributed by atoms with Gasteiger partial charge < -0.3 is 15.4 Å². The van der Waals surface area contributed by atoms with Gasteiger partial charge in [0.15, 0.2) is 0 Å². The standard InChI is InChI=1S/C20H19ClN2O3/c1-12(11-24)9-17(25)23-18-15-8-7-14(21)10-16(15)22-19(18)20(26)13-5-3-2-4-6-13/h2-8,10,12,22,24H,9,11H2,1H3,(H,23,25). The molecule has 0 aliphatic rings. The van der Waals surface area contributed by atoms with Gasteiger partial charge in [-0.25, -0.2) is 0 Å². The highest BCUT2D eigenvalue weighted by Gasteiger charge is 2.21. The zero-order chi connectivity index (χ0) is 18.7. The second-order valence-corrected chi connectivity index (χ2v) is 6.74. The van der Waals surface area contributed by atoms with Crippen molar-refractivity contribution in [3.63, 3.8) is 0 Å². The molecule has 1 heterocycles. The number of anilines is 1. The molecule has 3 N–H and O–H groups in total. The molecule has 0 radical (unpaired) electrons. The van der Waals surface area contributed by atoms with E-state index in [0.717, 1.165) is 0 Å². The molecule has 1 amide bonds. The number of carbonyl (C=O) groups excluding carboxylic acids is 2. The molecular formula is C20H19ClN2O3. The summed E-state index contributed by atoms with van der Waals surface area (Å²) >= 11 is 6.05. The van der Waals surface area contributed by atoms with Crippen LogP contribution in [0.25, 0.3) is 10.9 Å². The monoisotopic (exact) mass is 370 g/mol. The molecule has 0 bridgehead atoms. The Morgan fingerprint density at radius 1 is 1.19 bits per heavy atom. The van der Waals surface area contributed by atoms with Crippen LogP contribution < -0.4 is 5.32 Å². The predicted octanol–water partition coefficient (Wildman–Crippen LogP) is 4.01. The van der Waals surface area contributed by atoms with Gasteiger partial charge in [0.2, 0.25) is 11.7 Å². The largest absolute Gasteiger partial charge is 0.396 e. The van der Waals surface area contributed by atoms with Crippen molar-refractivity contribution in [2.45, 2.75) is 13.3 Å². The van der Waals surface area contributed by atoms with Crippen molar-refractivity contribution in [2.24, 2.45) is 5.92 Å². The van der Waals surface area contributed by atoms with E-state index in [1.165, 1.54) is 0 Å². The van der Waals surface area contributed by atoms with E-state index in [1.54, 1.807) is 49.4 Å². The number of aliphatic hydroxyl groups excluding tert-OH is 1.